The average Bonchev–Trinajstić information content (AvgIpc) is 2.51. The summed E-state index contributed by atoms with van der Waals surface area (Å²) in [5.74, 6) is 0. The quantitative estimate of drug-likeness (QED) is 0.233. The van der Waals surface area contributed by atoms with Gasteiger partial charge in [-0.1, -0.05) is 64.7 Å². The van der Waals surface area contributed by atoms with Gasteiger partial charge in [0.15, 0.2) is 0 Å². The van der Waals surface area contributed by atoms with Crippen LogP contribution in [0.3, 0.4) is 0 Å². The third kappa shape index (κ3) is 31.5. The van der Waals surface area contributed by atoms with Crippen molar-refractivity contribution >= 4 is 10.4 Å². The lowest BCUT2D eigenvalue weighted by Crippen LogP contribution is -2.30. The molecule has 0 fully saturated rings. The zero-order valence-corrected chi connectivity index (χ0v) is 17.6. The molecule has 0 spiro atoms. The third-order valence-corrected chi connectivity index (χ3v) is 4.07. The molecule has 2 unspecified atom stereocenters. The molecule has 0 saturated heterocycles. The minimum absolute atomic E-state index is 0.0926. The first kappa shape index (κ1) is 28.0. The second-order valence-corrected chi connectivity index (χ2v) is 7.88. The highest BCUT2D eigenvalue weighted by atomic mass is 32.3. The van der Waals surface area contributed by atoms with Gasteiger partial charge in [-0.2, -0.15) is 8.42 Å². The molecule has 0 saturated carbocycles. The van der Waals surface area contributed by atoms with Gasteiger partial charge in [0, 0.05) is 13.1 Å². The molecule has 0 aliphatic heterocycles. The van der Waals surface area contributed by atoms with Gasteiger partial charge >= 0.3 is 10.4 Å². The molecule has 0 aliphatic rings. The second-order valence-electron chi connectivity index (χ2n) is 6.79. The molecule has 0 rings (SSSR count). The lowest BCUT2D eigenvalue weighted by Gasteiger charge is -2.07. The summed E-state index contributed by atoms with van der Waals surface area (Å²) < 4.78 is 33.0. The summed E-state index contributed by atoms with van der Waals surface area (Å²) in [6.07, 6.45) is 11.2. The van der Waals surface area contributed by atoms with Gasteiger partial charge in [-0.3, -0.25) is 4.55 Å². The van der Waals surface area contributed by atoms with E-state index in [1.807, 2.05) is 0 Å². The van der Waals surface area contributed by atoms with Crippen molar-refractivity contribution < 1.29 is 27.4 Å². The van der Waals surface area contributed by atoms with E-state index < -0.39 is 10.4 Å². The highest BCUT2D eigenvalue weighted by Crippen LogP contribution is 2.10. The number of aliphatic hydroxyl groups is 2. The normalized spacial score (nSPS) is 13.8. The van der Waals surface area contributed by atoms with E-state index in [4.69, 9.17) is 14.8 Å². The molecule has 2 atom stereocenters. The Labute approximate surface area is 160 Å². The van der Waals surface area contributed by atoms with E-state index in [0.29, 0.717) is 19.5 Å². The van der Waals surface area contributed by atoms with E-state index in [9.17, 15) is 8.42 Å². The van der Waals surface area contributed by atoms with E-state index in [1.165, 1.54) is 44.9 Å². The Hall–Kier alpha value is -0.250. The molecule has 0 aromatic heterocycles. The highest BCUT2D eigenvalue weighted by molar-refractivity contribution is 7.80. The standard InChI is InChI=1S/C12H26O4S.C6H15NO2/c1-2-3-4-5-6-7-8-9-10-11-12-16-17(13,14)15;1-5(8)3-7-4-6(2)9/h2-12H2,1H3,(H,13,14,15);5-9H,3-4H2,1-2H3. The molecule has 160 valence electrons. The van der Waals surface area contributed by atoms with Crippen molar-refractivity contribution in [3.8, 4) is 0 Å². The minimum atomic E-state index is -4.23. The van der Waals surface area contributed by atoms with Gasteiger partial charge in [0.25, 0.3) is 0 Å². The maximum Gasteiger partial charge on any atom is 0.397 e. The number of hydrogen-bond acceptors (Lipinski definition) is 6. The lowest BCUT2D eigenvalue weighted by atomic mass is 10.1. The summed E-state index contributed by atoms with van der Waals surface area (Å²) >= 11 is 0. The summed E-state index contributed by atoms with van der Waals surface area (Å²) in [5.41, 5.74) is 0. The molecule has 0 heterocycles. The van der Waals surface area contributed by atoms with Crippen molar-refractivity contribution in [1.82, 2.24) is 5.32 Å². The molecule has 26 heavy (non-hydrogen) atoms. The molecule has 0 amide bonds. The van der Waals surface area contributed by atoms with Gasteiger partial charge in [0.05, 0.1) is 18.8 Å². The van der Waals surface area contributed by atoms with E-state index in [0.717, 1.165) is 12.8 Å². The molecule has 0 bridgehead atoms. The monoisotopic (exact) mass is 399 g/mol. The Morgan fingerprint density at radius 1 is 0.808 bits per heavy atom. The molecule has 4 N–H and O–H groups in total. The van der Waals surface area contributed by atoms with E-state index in [-0.39, 0.29) is 18.8 Å². The second kappa shape index (κ2) is 19.5. The molecule has 0 aliphatic carbocycles. The Bertz CT molecular complexity index is 366. The zero-order chi connectivity index (χ0) is 20.3. The number of unbranched alkanes of at least 4 members (excludes halogenated alkanes) is 9. The van der Waals surface area contributed by atoms with Crippen LogP contribution in [-0.2, 0) is 14.6 Å². The first-order chi connectivity index (χ1) is 12.2. The fraction of sp³-hybridized carbons (Fsp3) is 1.00. The highest BCUT2D eigenvalue weighted by Gasteiger charge is 2.02. The van der Waals surface area contributed by atoms with Crippen LogP contribution < -0.4 is 5.32 Å². The molecule has 8 heteroatoms. The number of nitrogens with one attached hydrogen (secondary N) is 1. The first-order valence-electron chi connectivity index (χ1n) is 9.87. The number of rotatable bonds is 16. The van der Waals surface area contributed by atoms with Crippen molar-refractivity contribution in [2.24, 2.45) is 0 Å². The van der Waals surface area contributed by atoms with Crippen LogP contribution in [0.25, 0.3) is 0 Å². The smallest absolute Gasteiger partial charge is 0.392 e. The van der Waals surface area contributed by atoms with Gasteiger partial charge in [0.1, 0.15) is 0 Å². The van der Waals surface area contributed by atoms with Crippen LogP contribution in [0.5, 0.6) is 0 Å². The van der Waals surface area contributed by atoms with Crippen molar-refractivity contribution in [3.63, 3.8) is 0 Å². The van der Waals surface area contributed by atoms with E-state index in [1.54, 1.807) is 13.8 Å². The maximum absolute atomic E-state index is 10.2. The predicted molar refractivity (Wildman–Crippen MR) is 106 cm³/mol. The summed E-state index contributed by atoms with van der Waals surface area (Å²) in [4.78, 5) is 0. The van der Waals surface area contributed by atoms with Gasteiger partial charge in [-0.05, 0) is 20.3 Å². The van der Waals surface area contributed by atoms with Crippen molar-refractivity contribution in [3.05, 3.63) is 0 Å². The fourth-order valence-corrected chi connectivity index (χ4v) is 2.58. The van der Waals surface area contributed by atoms with Crippen LogP contribution in [0.1, 0.15) is 85.0 Å². The van der Waals surface area contributed by atoms with Crippen LogP contribution in [0.2, 0.25) is 0 Å². The molecular formula is C18H41NO6S. The van der Waals surface area contributed by atoms with E-state index in [2.05, 4.69) is 16.4 Å². The Balaban J connectivity index is 0. The molecule has 0 aromatic rings. The third-order valence-electron chi connectivity index (χ3n) is 3.61. The molecular weight excluding hydrogens is 358 g/mol. The van der Waals surface area contributed by atoms with Crippen LogP contribution in [0.15, 0.2) is 0 Å². The van der Waals surface area contributed by atoms with Gasteiger partial charge < -0.3 is 15.5 Å². The Morgan fingerprint density at radius 3 is 1.54 bits per heavy atom. The molecule has 0 radical (unpaired) electrons. The number of hydrogen-bond donors (Lipinski definition) is 4. The van der Waals surface area contributed by atoms with Crippen LogP contribution >= 0.6 is 0 Å². The van der Waals surface area contributed by atoms with Crippen LogP contribution in [0.4, 0.5) is 0 Å². The average molecular weight is 400 g/mol. The van der Waals surface area contributed by atoms with E-state index >= 15 is 0 Å². The number of aliphatic hydroxyl groups excluding tert-OH is 2. The largest absolute Gasteiger partial charge is 0.397 e. The van der Waals surface area contributed by atoms with Gasteiger partial charge in [-0.15, -0.1) is 0 Å². The summed E-state index contributed by atoms with van der Waals surface area (Å²) in [6, 6.07) is 0. The summed E-state index contributed by atoms with van der Waals surface area (Å²) in [7, 11) is -4.23. The lowest BCUT2D eigenvalue weighted by molar-refractivity contribution is 0.164. The zero-order valence-electron chi connectivity index (χ0n) is 16.8. The molecule has 7 nitrogen and oxygen atoms in total. The predicted octanol–water partition coefficient (Wildman–Crippen LogP) is 3.06. The molecule has 0 aromatic carbocycles. The SMILES string of the molecule is CC(O)CNCC(C)O.CCCCCCCCCCCCOS(=O)(=O)O. The van der Waals surface area contributed by atoms with Gasteiger partial charge in [-0.25, -0.2) is 4.18 Å². The summed E-state index contributed by atoms with van der Waals surface area (Å²) in [6.45, 7) is 6.81. The van der Waals surface area contributed by atoms with Crippen molar-refractivity contribution in [2.75, 3.05) is 19.7 Å². The maximum atomic E-state index is 10.2. The first-order valence-corrected chi connectivity index (χ1v) is 11.2. The Kier molecular flexibility index (Phi) is 21.0. The topological polar surface area (TPSA) is 116 Å². The minimum Gasteiger partial charge on any atom is -0.392 e. The summed E-state index contributed by atoms with van der Waals surface area (Å²) in [5, 5.41) is 20.3. The van der Waals surface area contributed by atoms with Crippen molar-refractivity contribution in [1.29, 1.82) is 0 Å². The van der Waals surface area contributed by atoms with Crippen molar-refractivity contribution in [2.45, 2.75) is 97.2 Å². The van der Waals surface area contributed by atoms with Crippen LogP contribution in [0, 0.1) is 0 Å². The fourth-order valence-electron chi connectivity index (χ4n) is 2.25. The van der Waals surface area contributed by atoms with Gasteiger partial charge in [0.2, 0.25) is 0 Å². The van der Waals surface area contributed by atoms with Crippen LogP contribution in [-0.4, -0.2) is 55.1 Å². The Morgan fingerprint density at radius 2 is 1.19 bits per heavy atom.